The van der Waals surface area contributed by atoms with Crippen molar-refractivity contribution in [3.63, 3.8) is 0 Å². The van der Waals surface area contributed by atoms with E-state index in [4.69, 9.17) is 0 Å². The molecule has 0 fully saturated rings. The maximum atomic E-state index is 4.48. The largest absolute Gasteiger partial charge is 0.256 e. The summed E-state index contributed by atoms with van der Waals surface area (Å²) in [7, 11) is 0. The Labute approximate surface area is 128 Å². The molecule has 2 heteroatoms. The predicted octanol–water partition coefficient (Wildman–Crippen LogP) is 4.95. The summed E-state index contributed by atoms with van der Waals surface area (Å²) in [6.45, 7) is 0. The smallest absolute Gasteiger partial charge is 0.0702 e. The van der Waals surface area contributed by atoms with E-state index in [0.717, 1.165) is 27.5 Å². The van der Waals surface area contributed by atoms with E-state index in [1.807, 2.05) is 48.8 Å². The number of pyridine rings is 2. The first-order valence-electron chi connectivity index (χ1n) is 7.26. The third-order valence-electron chi connectivity index (χ3n) is 3.71. The van der Waals surface area contributed by atoms with Crippen LogP contribution in [0.5, 0.6) is 0 Å². The summed E-state index contributed by atoms with van der Waals surface area (Å²) < 4.78 is 0. The molecule has 22 heavy (non-hydrogen) atoms. The molecule has 0 amide bonds. The van der Waals surface area contributed by atoms with Gasteiger partial charge in [-0.2, -0.15) is 0 Å². The number of fused-ring (bicyclic) bond motifs is 2. The van der Waals surface area contributed by atoms with Crippen LogP contribution in [0.4, 0.5) is 0 Å². The Bertz CT molecular complexity index is 905. The number of benzene rings is 2. The summed E-state index contributed by atoms with van der Waals surface area (Å²) in [4.78, 5) is 8.95. The average molecular weight is 282 g/mol. The Balaban J connectivity index is 1.68. The van der Waals surface area contributed by atoms with Crippen molar-refractivity contribution in [2.24, 2.45) is 0 Å². The van der Waals surface area contributed by atoms with Crippen molar-refractivity contribution in [1.82, 2.24) is 9.97 Å². The highest BCUT2D eigenvalue weighted by molar-refractivity contribution is 5.85. The van der Waals surface area contributed by atoms with Crippen LogP contribution in [0.3, 0.4) is 0 Å². The van der Waals surface area contributed by atoms with Crippen LogP contribution in [0.1, 0.15) is 11.3 Å². The Kier molecular flexibility index (Phi) is 3.13. The molecule has 0 unspecified atom stereocenters. The topological polar surface area (TPSA) is 25.8 Å². The fourth-order valence-corrected chi connectivity index (χ4v) is 2.55. The molecular weight excluding hydrogens is 268 g/mol. The lowest BCUT2D eigenvalue weighted by Crippen LogP contribution is -1.82. The summed E-state index contributed by atoms with van der Waals surface area (Å²) in [5, 5.41) is 3.51. The second-order valence-corrected chi connectivity index (χ2v) is 5.25. The van der Waals surface area contributed by atoms with Crippen LogP contribution in [0.2, 0.25) is 0 Å². The first-order chi connectivity index (χ1) is 10.9. The molecule has 0 saturated carbocycles. The second-order valence-electron chi connectivity index (χ2n) is 5.25. The Morgan fingerprint density at radius 2 is 1.41 bits per heavy atom. The van der Waals surface area contributed by atoms with Crippen molar-refractivity contribution >= 4 is 33.8 Å². The Morgan fingerprint density at radius 3 is 2.32 bits per heavy atom. The van der Waals surface area contributed by atoms with Gasteiger partial charge in [0, 0.05) is 23.2 Å². The van der Waals surface area contributed by atoms with E-state index in [-0.39, 0.29) is 0 Å². The summed E-state index contributed by atoms with van der Waals surface area (Å²) >= 11 is 0. The molecule has 0 aliphatic rings. The lowest BCUT2D eigenvalue weighted by Gasteiger charge is -2.00. The highest BCUT2D eigenvalue weighted by Crippen LogP contribution is 2.17. The third kappa shape index (κ3) is 2.47. The summed E-state index contributed by atoms with van der Waals surface area (Å²) in [5.74, 6) is 0. The van der Waals surface area contributed by atoms with Crippen LogP contribution in [-0.4, -0.2) is 9.97 Å². The molecule has 2 aromatic carbocycles. The van der Waals surface area contributed by atoms with Gasteiger partial charge < -0.3 is 0 Å². The van der Waals surface area contributed by atoms with Gasteiger partial charge in [0.1, 0.15) is 0 Å². The van der Waals surface area contributed by atoms with Crippen LogP contribution < -0.4 is 0 Å². The van der Waals surface area contributed by atoms with E-state index < -0.39 is 0 Å². The molecule has 4 aromatic rings. The second kappa shape index (κ2) is 5.41. The van der Waals surface area contributed by atoms with E-state index in [1.54, 1.807) is 0 Å². The van der Waals surface area contributed by atoms with Crippen molar-refractivity contribution in [1.29, 1.82) is 0 Å². The predicted molar refractivity (Wildman–Crippen MR) is 92.4 cm³/mol. The van der Waals surface area contributed by atoms with Gasteiger partial charge in [-0.1, -0.05) is 48.5 Å². The number of hydrogen-bond donors (Lipinski definition) is 0. The van der Waals surface area contributed by atoms with Gasteiger partial charge in [0.05, 0.1) is 11.2 Å². The van der Waals surface area contributed by atoms with E-state index in [0.29, 0.717) is 0 Å². The minimum atomic E-state index is 0.951. The SMILES string of the molecule is C(=C\c1cc2ccccc2cn1)/c1cnc2ccccc2c1. The summed E-state index contributed by atoms with van der Waals surface area (Å²) in [6, 6.07) is 20.6. The monoisotopic (exact) mass is 282 g/mol. The standard InChI is InChI=1S/C20H14N2/c1-2-7-18-14-21-19(12-16(18)5-1)10-9-15-11-17-6-3-4-8-20(17)22-13-15/h1-14H/b10-9+. The summed E-state index contributed by atoms with van der Waals surface area (Å²) in [6.07, 6.45) is 7.88. The zero-order valence-corrected chi connectivity index (χ0v) is 12.0. The van der Waals surface area contributed by atoms with Gasteiger partial charge >= 0.3 is 0 Å². The zero-order valence-electron chi connectivity index (χ0n) is 12.0. The highest BCUT2D eigenvalue weighted by Gasteiger charge is 1.96. The number of nitrogens with zero attached hydrogens (tertiary/aromatic N) is 2. The minimum absolute atomic E-state index is 0.951. The van der Waals surface area contributed by atoms with Crippen molar-refractivity contribution in [2.45, 2.75) is 0 Å². The first-order valence-corrected chi connectivity index (χ1v) is 7.26. The molecule has 0 saturated heterocycles. The van der Waals surface area contributed by atoms with Crippen LogP contribution in [0.15, 0.2) is 73.1 Å². The molecular formula is C20H14N2. The Morgan fingerprint density at radius 1 is 0.636 bits per heavy atom. The van der Waals surface area contributed by atoms with Crippen molar-refractivity contribution < 1.29 is 0 Å². The number of rotatable bonds is 2. The molecule has 0 N–H and O–H groups in total. The quantitative estimate of drug-likeness (QED) is 0.519. The number of para-hydroxylation sites is 1. The van der Waals surface area contributed by atoms with E-state index in [2.05, 4.69) is 46.4 Å². The zero-order chi connectivity index (χ0) is 14.8. The molecule has 0 radical (unpaired) electrons. The fourth-order valence-electron chi connectivity index (χ4n) is 2.55. The molecule has 2 nitrogen and oxygen atoms in total. The van der Waals surface area contributed by atoms with Crippen LogP contribution >= 0.6 is 0 Å². The fraction of sp³-hybridized carbons (Fsp3) is 0. The first kappa shape index (κ1) is 12.7. The lowest BCUT2D eigenvalue weighted by molar-refractivity contribution is 1.33. The van der Waals surface area contributed by atoms with Crippen LogP contribution in [0.25, 0.3) is 33.8 Å². The van der Waals surface area contributed by atoms with Gasteiger partial charge in [-0.25, -0.2) is 0 Å². The van der Waals surface area contributed by atoms with Crippen LogP contribution in [-0.2, 0) is 0 Å². The van der Waals surface area contributed by atoms with Gasteiger partial charge in [-0.05, 0) is 35.2 Å². The van der Waals surface area contributed by atoms with Crippen molar-refractivity contribution in [3.05, 3.63) is 84.3 Å². The maximum absolute atomic E-state index is 4.48. The molecule has 104 valence electrons. The number of hydrogen-bond acceptors (Lipinski definition) is 2. The van der Waals surface area contributed by atoms with Crippen molar-refractivity contribution in [2.75, 3.05) is 0 Å². The van der Waals surface area contributed by atoms with Crippen LogP contribution in [0, 0.1) is 0 Å². The average Bonchev–Trinajstić information content (AvgIpc) is 2.59. The molecule has 0 aliphatic carbocycles. The van der Waals surface area contributed by atoms with Gasteiger partial charge in [0.25, 0.3) is 0 Å². The van der Waals surface area contributed by atoms with E-state index in [1.165, 1.54) is 5.39 Å². The highest BCUT2D eigenvalue weighted by atomic mass is 14.7. The molecule has 0 atom stereocenters. The Hall–Kier alpha value is -3.00. The third-order valence-corrected chi connectivity index (χ3v) is 3.71. The molecule has 4 rings (SSSR count). The van der Waals surface area contributed by atoms with E-state index in [9.17, 15) is 0 Å². The maximum Gasteiger partial charge on any atom is 0.0702 e. The van der Waals surface area contributed by atoms with Gasteiger partial charge in [0.2, 0.25) is 0 Å². The molecule has 0 aliphatic heterocycles. The normalized spacial score (nSPS) is 11.5. The van der Waals surface area contributed by atoms with Gasteiger partial charge in [-0.3, -0.25) is 9.97 Å². The minimum Gasteiger partial charge on any atom is -0.256 e. The van der Waals surface area contributed by atoms with Gasteiger partial charge in [-0.15, -0.1) is 0 Å². The number of aromatic nitrogens is 2. The van der Waals surface area contributed by atoms with E-state index >= 15 is 0 Å². The van der Waals surface area contributed by atoms with Gasteiger partial charge in [0.15, 0.2) is 0 Å². The molecule has 2 heterocycles. The molecule has 2 aromatic heterocycles. The van der Waals surface area contributed by atoms with Crippen molar-refractivity contribution in [3.8, 4) is 0 Å². The lowest BCUT2D eigenvalue weighted by atomic mass is 10.1. The molecule has 0 bridgehead atoms. The molecule has 0 spiro atoms. The summed E-state index contributed by atoms with van der Waals surface area (Å²) in [5.41, 5.74) is 3.05.